The lowest BCUT2D eigenvalue weighted by atomic mass is 10.1. The number of benzene rings is 2. The van der Waals surface area contributed by atoms with Crippen molar-refractivity contribution in [3.63, 3.8) is 0 Å². The van der Waals surface area contributed by atoms with Crippen LogP contribution in [0.1, 0.15) is 5.56 Å². The van der Waals surface area contributed by atoms with Gasteiger partial charge in [0.1, 0.15) is 22.7 Å². The van der Waals surface area contributed by atoms with Gasteiger partial charge in [0.05, 0.1) is 11.6 Å². The normalized spacial score (nSPS) is 11.3. The number of nitrogens with zero attached hydrogens (tertiary/aromatic N) is 3. The molecular weight excluding hydrogens is 384 g/mol. The fourth-order valence-corrected chi connectivity index (χ4v) is 3.65. The van der Waals surface area contributed by atoms with Crippen LogP contribution in [0.4, 0.5) is 5.82 Å². The summed E-state index contributed by atoms with van der Waals surface area (Å²) in [5.74, 6) is 0.479. The molecule has 0 atom stereocenters. The molecule has 0 spiro atoms. The average Bonchev–Trinajstić information content (AvgIpc) is 3.09. The Kier molecular flexibility index (Phi) is 4.62. The van der Waals surface area contributed by atoms with Gasteiger partial charge in [0.25, 0.3) is 0 Å². The van der Waals surface area contributed by atoms with E-state index < -0.39 is 0 Å². The second kappa shape index (κ2) is 7.22. The third kappa shape index (κ3) is 3.55. The summed E-state index contributed by atoms with van der Waals surface area (Å²) in [7, 11) is 0. The Morgan fingerprint density at radius 3 is 2.67 bits per heavy atom. The maximum atomic E-state index is 9.83. The van der Waals surface area contributed by atoms with Gasteiger partial charge in [0, 0.05) is 27.6 Å². The quantitative estimate of drug-likeness (QED) is 0.338. The maximum absolute atomic E-state index is 9.83. The molecule has 0 saturated heterocycles. The van der Waals surface area contributed by atoms with Crippen molar-refractivity contribution in [1.82, 2.24) is 9.97 Å². The van der Waals surface area contributed by atoms with E-state index in [4.69, 9.17) is 11.6 Å². The number of hydrogen-bond donors (Lipinski definition) is 3. The van der Waals surface area contributed by atoms with Gasteiger partial charge < -0.3 is 10.2 Å². The molecule has 134 valence electrons. The van der Waals surface area contributed by atoms with Crippen LogP contribution >= 0.6 is 22.9 Å². The van der Waals surface area contributed by atoms with E-state index in [0.29, 0.717) is 16.4 Å². The largest absolute Gasteiger partial charge is 0.508 e. The first-order chi connectivity index (χ1) is 13.1. The summed E-state index contributed by atoms with van der Waals surface area (Å²) in [6.07, 6.45) is 2.93. The minimum Gasteiger partial charge on any atom is -0.508 e. The average molecular weight is 397 g/mol. The van der Waals surface area contributed by atoms with E-state index in [1.807, 2.05) is 29.6 Å². The zero-order valence-electron chi connectivity index (χ0n) is 13.8. The molecule has 0 aliphatic carbocycles. The second-order valence-electron chi connectivity index (χ2n) is 5.67. The molecule has 2 aromatic heterocycles. The van der Waals surface area contributed by atoms with E-state index in [1.165, 1.54) is 36.0 Å². The molecule has 8 heteroatoms. The van der Waals surface area contributed by atoms with Crippen LogP contribution in [0.15, 0.2) is 59.3 Å². The van der Waals surface area contributed by atoms with Gasteiger partial charge in [-0.2, -0.15) is 5.10 Å². The Labute approximate surface area is 163 Å². The highest BCUT2D eigenvalue weighted by molar-refractivity contribution is 7.17. The maximum Gasteiger partial charge on any atom is 0.159 e. The van der Waals surface area contributed by atoms with Gasteiger partial charge in [-0.3, -0.25) is 5.43 Å². The van der Waals surface area contributed by atoms with Crippen molar-refractivity contribution in [3.05, 3.63) is 64.8 Å². The Hall–Kier alpha value is -3.16. The van der Waals surface area contributed by atoms with Gasteiger partial charge in [0.15, 0.2) is 5.82 Å². The first kappa shape index (κ1) is 17.3. The Balaban J connectivity index is 1.68. The Bertz CT molecular complexity index is 1140. The van der Waals surface area contributed by atoms with Crippen LogP contribution in [-0.2, 0) is 0 Å². The molecule has 6 nitrogen and oxygen atoms in total. The zero-order chi connectivity index (χ0) is 18.8. The van der Waals surface area contributed by atoms with Crippen LogP contribution in [0.5, 0.6) is 11.5 Å². The third-order valence-corrected chi connectivity index (χ3v) is 5.05. The highest BCUT2D eigenvalue weighted by atomic mass is 35.5. The predicted octanol–water partition coefficient (Wildman–Crippen LogP) is 4.87. The zero-order valence-corrected chi connectivity index (χ0v) is 15.4. The number of aromatic hydroxyl groups is 2. The summed E-state index contributed by atoms with van der Waals surface area (Å²) in [5.41, 5.74) is 5.36. The number of nitrogens with one attached hydrogen (secondary N) is 1. The van der Waals surface area contributed by atoms with E-state index in [2.05, 4.69) is 20.5 Å². The summed E-state index contributed by atoms with van der Waals surface area (Å²) >= 11 is 7.50. The lowest BCUT2D eigenvalue weighted by Gasteiger charge is -2.05. The molecule has 0 aliphatic rings. The minimum absolute atomic E-state index is 0.0130. The van der Waals surface area contributed by atoms with Crippen molar-refractivity contribution >= 4 is 45.2 Å². The van der Waals surface area contributed by atoms with Crippen molar-refractivity contribution in [2.24, 2.45) is 5.10 Å². The SMILES string of the molecule is Oc1ccc(C=NNc2ncnc3scc(-c4ccc(Cl)cc4)c23)c(O)c1. The molecular formula is C19H13ClN4O2S. The summed E-state index contributed by atoms with van der Waals surface area (Å²) in [4.78, 5) is 9.44. The highest BCUT2D eigenvalue weighted by Crippen LogP contribution is 2.36. The number of thiophene rings is 1. The third-order valence-electron chi connectivity index (χ3n) is 3.91. The van der Waals surface area contributed by atoms with Gasteiger partial charge in [-0.15, -0.1) is 11.3 Å². The standard InChI is InChI=1S/C19H13ClN4O2S/c20-13-4-1-11(2-5-13)15-9-27-19-17(15)18(21-10-22-19)24-23-8-12-3-6-14(25)7-16(12)26/h1-10,25-26H,(H,21,22,24). The Morgan fingerprint density at radius 1 is 1.07 bits per heavy atom. The van der Waals surface area contributed by atoms with Crippen LogP contribution in [0.3, 0.4) is 0 Å². The number of hydrazone groups is 1. The number of aromatic nitrogens is 2. The molecule has 0 fully saturated rings. The second-order valence-corrected chi connectivity index (χ2v) is 6.97. The van der Waals surface area contributed by atoms with Gasteiger partial charge in [-0.25, -0.2) is 9.97 Å². The van der Waals surface area contributed by atoms with Crippen LogP contribution in [0.25, 0.3) is 21.3 Å². The van der Waals surface area contributed by atoms with Crippen molar-refractivity contribution in [2.45, 2.75) is 0 Å². The van der Waals surface area contributed by atoms with Gasteiger partial charge in [-0.1, -0.05) is 23.7 Å². The molecule has 0 saturated carbocycles. The monoisotopic (exact) mass is 396 g/mol. The van der Waals surface area contributed by atoms with Crippen LogP contribution in [0, 0.1) is 0 Å². The summed E-state index contributed by atoms with van der Waals surface area (Å²) < 4.78 is 0. The number of phenolic OH excluding ortho intramolecular Hbond substituents is 2. The van der Waals surface area contributed by atoms with Crippen molar-refractivity contribution in [3.8, 4) is 22.6 Å². The lowest BCUT2D eigenvalue weighted by Crippen LogP contribution is -1.95. The van der Waals surface area contributed by atoms with E-state index >= 15 is 0 Å². The topological polar surface area (TPSA) is 90.6 Å². The molecule has 0 unspecified atom stereocenters. The first-order valence-electron chi connectivity index (χ1n) is 7.91. The molecule has 2 heterocycles. The molecule has 0 amide bonds. The van der Waals surface area contributed by atoms with E-state index in [1.54, 1.807) is 6.07 Å². The Morgan fingerprint density at radius 2 is 1.89 bits per heavy atom. The molecule has 4 aromatic rings. The molecule has 3 N–H and O–H groups in total. The number of anilines is 1. The van der Waals surface area contributed by atoms with Crippen LogP contribution in [0.2, 0.25) is 5.02 Å². The van der Waals surface area contributed by atoms with Gasteiger partial charge >= 0.3 is 0 Å². The molecule has 2 aromatic carbocycles. The summed E-state index contributed by atoms with van der Waals surface area (Å²) in [6.45, 7) is 0. The number of hydrogen-bond acceptors (Lipinski definition) is 7. The molecule has 0 aliphatic heterocycles. The van der Waals surface area contributed by atoms with Crippen molar-refractivity contribution < 1.29 is 10.2 Å². The van der Waals surface area contributed by atoms with Crippen LogP contribution in [-0.4, -0.2) is 26.4 Å². The molecule has 27 heavy (non-hydrogen) atoms. The number of rotatable bonds is 4. The first-order valence-corrected chi connectivity index (χ1v) is 9.17. The molecule has 4 rings (SSSR count). The van der Waals surface area contributed by atoms with E-state index in [9.17, 15) is 10.2 Å². The van der Waals surface area contributed by atoms with Crippen molar-refractivity contribution in [2.75, 3.05) is 5.43 Å². The predicted molar refractivity (Wildman–Crippen MR) is 109 cm³/mol. The number of phenols is 2. The highest BCUT2D eigenvalue weighted by Gasteiger charge is 2.12. The smallest absolute Gasteiger partial charge is 0.159 e. The van der Waals surface area contributed by atoms with E-state index in [-0.39, 0.29) is 11.5 Å². The van der Waals surface area contributed by atoms with E-state index in [0.717, 1.165) is 21.3 Å². The van der Waals surface area contributed by atoms with Gasteiger partial charge in [0.2, 0.25) is 0 Å². The number of fused-ring (bicyclic) bond motifs is 1. The van der Waals surface area contributed by atoms with Crippen molar-refractivity contribution in [1.29, 1.82) is 0 Å². The van der Waals surface area contributed by atoms with Gasteiger partial charge in [-0.05, 0) is 29.8 Å². The fourth-order valence-electron chi connectivity index (χ4n) is 2.61. The molecule has 0 radical (unpaired) electrons. The summed E-state index contributed by atoms with van der Waals surface area (Å²) in [6, 6.07) is 11.8. The van der Waals surface area contributed by atoms with Crippen LogP contribution < -0.4 is 5.43 Å². The minimum atomic E-state index is -0.0641. The summed E-state index contributed by atoms with van der Waals surface area (Å²) in [5, 5.41) is 26.9. The number of halogens is 1. The fraction of sp³-hybridized carbons (Fsp3) is 0. The molecule has 0 bridgehead atoms. The lowest BCUT2D eigenvalue weighted by molar-refractivity contribution is 0.450.